The van der Waals surface area contributed by atoms with Crippen molar-refractivity contribution in [2.75, 3.05) is 0 Å². The lowest BCUT2D eigenvalue weighted by Gasteiger charge is -2.11. The molecule has 4 heteroatoms. The normalized spacial score (nSPS) is 10.1. The Morgan fingerprint density at radius 3 is 2.08 bits per heavy atom. The van der Waals surface area contributed by atoms with Crippen LogP contribution in [0.4, 0.5) is 0 Å². The van der Waals surface area contributed by atoms with E-state index in [1.165, 1.54) is 5.56 Å². The van der Waals surface area contributed by atoms with E-state index in [0.29, 0.717) is 13.2 Å². The van der Waals surface area contributed by atoms with Gasteiger partial charge in [0.2, 0.25) is 0 Å². The van der Waals surface area contributed by atoms with Gasteiger partial charge >= 0.3 is 0 Å². The smallest absolute Gasteiger partial charge is 0.120 e. The van der Waals surface area contributed by atoms with Gasteiger partial charge in [-0.1, -0.05) is 60.7 Å². The molecule has 0 atom stereocenters. The summed E-state index contributed by atoms with van der Waals surface area (Å²) in [7, 11) is 0. The summed E-state index contributed by atoms with van der Waals surface area (Å²) in [5, 5.41) is 13.4. The molecule has 3 rings (SSSR count). The van der Waals surface area contributed by atoms with Crippen molar-refractivity contribution in [3.8, 4) is 11.5 Å². The summed E-state index contributed by atoms with van der Waals surface area (Å²) in [6.07, 6.45) is 0. The molecule has 0 radical (unpaired) electrons. The summed E-state index contributed by atoms with van der Waals surface area (Å²) >= 11 is 0. The number of rotatable bonds is 7. The summed E-state index contributed by atoms with van der Waals surface area (Å²) in [5.41, 5.74) is 3.17. The first-order chi connectivity index (χ1) is 11.8. The number of phenols is 1. The number of aromatic hydroxyl groups is 1. The van der Waals surface area contributed by atoms with E-state index in [9.17, 15) is 5.11 Å². The minimum Gasteiger partial charge on any atom is -0.508 e. The van der Waals surface area contributed by atoms with Crippen LogP contribution >= 0.6 is 12.4 Å². The topological polar surface area (TPSA) is 41.5 Å². The monoisotopic (exact) mass is 355 g/mol. The lowest BCUT2D eigenvalue weighted by atomic mass is 10.1. The maximum atomic E-state index is 10.0. The van der Waals surface area contributed by atoms with Gasteiger partial charge in [-0.25, -0.2) is 0 Å². The second-order valence-electron chi connectivity index (χ2n) is 5.65. The van der Waals surface area contributed by atoms with Crippen LogP contribution in [0.25, 0.3) is 0 Å². The molecule has 0 heterocycles. The molecule has 0 fully saturated rings. The summed E-state index contributed by atoms with van der Waals surface area (Å²) < 4.78 is 5.81. The average Bonchev–Trinajstić information content (AvgIpc) is 2.64. The fraction of sp³-hybridized carbons (Fsp3) is 0.143. The van der Waals surface area contributed by atoms with Crippen LogP contribution in [0, 0.1) is 0 Å². The second-order valence-corrected chi connectivity index (χ2v) is 5.65. The Kier molecular flexibility index (Phi) is 7.33. The van der Waals surface area contributed by atoms with E-state index in [4.69, 9.17) is 4.74 Å². The van der Waals surface area contributed by atoms with Crippen LogP contribution in [0.15, 0.2) is 78.9 Å². The SMILES string of the molecule is Cl.Oc1ccc(OCc2ccccc2)cc1CNCc1ccccc1. The molecule has 3 aromatic rings. The summed E-state index contributed by atoms with van der Waals surface area (Å²) in [4.78, 5) is 0. The lowest BCUT2D eigenvalue weighted by molar-refractivity contribution is 0.305. The Hall–Kier alpha value is -2.49. The lowest BCUT2D eigenvalue weighted by Crippen LogP contribution is -2.12. The van der Waals surface area contributed by atoms with Crippen molar-refractivity contribution < 1.29 is 9.84 Å². The van der Waals surface area contributed by atoms with Gasteiger partial charge in [0.05, 0.1) is 0 Å². The van der Waals surface area contributed by atoms with E-state index in [1.54, 1.807) is 12.1 Å². The van der Waals surface area contributed by atoms with Gasteiger partial charge in [0, 0.05) is 18.7 Å². The molecule has 0 unspecified atom stereocenters. The van der Waals surface area contributed by atoms with E-state index in [0.717, 1.165) is 23.4 Å². The zero-order valence-electron chi connectivity index (χ0n) is 13.9. The number of phenolic OH excluding ortho intramolecular Hbond substituents is 1. The maximum absolute atomic E-state index is 10.0. The van der Waals surface area contributed by atoms with Crippen LogP contribution in [0.2, 0.25) is 0 Å². The van der Waals surface area contributed by atoms with Gasteiger partial charge in [0.1, 0.15) is 18.1 Å². The van der Waals surface area contributed by atoms with Gasteiger partial charge in [0.15, 0.2) is 0 Å². The van der Waals surface area contributed by atoms with Gasteiger partial charge in [-0.3, -0.25) is 0 Å². The molecular formula is C21H22ClNO2. The van der Waals surface area contributed by atoms with Crippen LogP contribution in [0.3, 0.4) is 0 Å². The summed E-state index contributed by atoms with van der Waals surface area (Å²) in [6.45, 7) is 1.86. The van der Waals surface area contributed by atoms with Crippen molar-refractivity contribution in [2.45, 2.75) is 19.7 Å². The number of hydrogen-bond acceptors (Lipinski definition) is 3. The van der Waals surface area contributed by atoms with Crippen molar-refractivity contribution in [1.29, 1.82) is 0 Å². The number of hydrogen-bond donors (Lipinski definition) is 2. The molecule has 3 nitrogen and oxygen atoms in total. The highest BCUT2D eigenvalue weighted by molar-refractivity contribution is 5.85. The Balaban J connectivity index is 0.00000225. The molecule has 0 spiro atoms. The first kappa shape index (κ1) is 18.8. The number of benzene rings is 3. The van der Waals surface area contributed by atoms with Crippen molar-refractivity contribution in [3.63, 3.8) is 0 Å². The highest BCUT2D eigenvalue weighted by Crippen LogP contribution is 2.23. The molecule has 0 aliphatic rings. The Morgan fingerprint density at radius 1 is 0.760 bits per heavy atom. The van der Waals surface area contributed by atoms with E-state index < -0.39 is 0 Å². The first-order valence-corrected chi connectivity index (χ1v) is 8.04. The zero-order valence-corrected chi connectivity index (χ0v) is 14.7. The average molecular weight is 356 g/mol. The number of ether oxygens (including phenoxy) is 1. The Bertz CT molecular complexity index is 763. The molecule has 3 aromatic carbocycles. The highest BCUT2D eigenvalue weighted by atomic mass is 35.5. The van der Waals surface area contributed by atoms with Crippen molar-refractivity contribution in [1.82, 2.24) is 5.32 Å². The number of halogens is 1. The van der Waals surface area contributed by atoms with Crippen LogP contribution in [0.5, 0.6) is 11.5 Å². The third-order valence-electron chi connectivity index (χ3n) is 3.79. The van der Waals surface area contributed by atoms with Crippen LogP contribution in [0.1, 0.15) is 16.7 Å². The standard InChI is InChI=1S/C21H21NO2.ClH/c23-21-12-11-20(24-16-18-9-5-2-6-10-18)13-19(21)15-22-14-17-7-3-1-4-8-17;/h1-13,22-23H,14-16H2;1H. The van der Waals surface area contributed by atoms with Crippen molar-refractivity contribution in [2.24, 2.45) is 0 Å². The van der Waals surface area contributed by atoms with Gasteiger partial charge in [0.25, 0.3) is 0 Å². The van der Waals surface area contributed by atoms with E-state index >= 15 is 0 Å². The van der Waals surface area contributed by atoms with Gasteiger partial charge in [-0.05, 0) is 29.3 Å². The molecule has 25 heavy (non-hydrogen) atoms. The fourth-order valence-corrected chi connectivity index (χ4v) is 2.47. The minimum absolute atomic E-state index is 0. The molecular weight excluding hydrogens is 334 g/mol. The minimum atomic E-state index is 0. The summed E-state index contributed by atoms with van der Waals surface area (Å²) in [5.74, 6) is 1.04. The van der Waals surface area contributed by atoms with Gasteiger partial charge < -0.3 is 15.2 Å². The summed E-state index contributed by atoms with van der Waals surface area (Å²) in [6, 6.07) is 25.6. The number of nitrogens with one attached hydrogen (secondary N) is 1. The highest BCUT2D eigenvalue weighted by Gasteiger charge is 2.04. The zero-order chi connectivity index (χ0) is 16.6. The van der Waals surface area contributed by atoms with Crippen LogP contribution in [-0.2, 0) is 19.7 Å². The van der Waals surface area contributed by atoms with Crippen molar-refractivity contribution >= 4 is 12.4 Å². The molecule has 0 aliphatic heterocycles. The largest absolute Gasteiger partial charge is 0.508 e. The van der Waals surface area contributed by atoms with E-state index in [1.807, 2.05) is 54.6 Å². The fourth-order valence-electron chi connectivity index (χ4n) is 2.47. The molecule has 0 amide bonds. The van der Waals surface area contributed by atoms with E-state index in [2.05, 4.69) is 17.4 Å². The van der Waals surface area contributed by atoms with Gasteiger partial charge in [-0.15, -0.1) is 12.4 Å². The quantitative estimate of drug-likeness (QED) is 0.646. The molecule has 0 aliphatic carbocycles. The van der Waals surface area contributed by atoms with E-state index in [-0.39, 0.29) is 18.2 Å². The predicted molar refractivity (Wildman–Crippen MR) is 103 cm³/mol. The molecule has 2 N–H and O–H groups in total. The predicted octanol–water partition coefficient (Wildman–Crippen LogP) is 4.68. The molecule has 130 valence electrons. The third kappa shape index (κ3) is 5.82. The molecule has 0 saturated heterocycles. The maximum Gasteiger partial charge on any atom is 0.120 e. The Morgan fingerprint density at radius 2 is 1.40 bits per heavy atom. The van der Waals surface area contributed by atoms with Crippen LogP contribution < -0.4 is 10.1 Å². The van der Waals surface area contributed by atoms with Crippen molar-refractivity contribution in [3.05, 3.63) is 95.6 Å². The second kappa shape index (κ2) is 9.72. The first-order valence-electron chi connectivity index (χ1n) is 8.04. The molecule has 0 bridgehead atoms. The van der Waals surface area contributed by atoms with Crippen LogP contribution in [-0.4, -0.2) is 5.11 Å². The van der Waals surface area contributed by atoms with Gasteiger partial charge in [-0.2, -0.15) is 0 Å². The third-order valence-corrected chi connectivity index (χ3v) is 3.79. The Labute approximate surface area is 154 Å². The molecule has 0 aromatic heterocycles. The molecule has 0 saturated carbocycles.